The molecule has 1 aromatic carbocycles. The smallest absolute Gasteiger partial charge is 0.320 e. The van der Waals surface area contributed by atoms with Gasteiger partial charge in [0.1, 0.15) is 11.3 Å². The lowest BCUT2D eigenvalue weighted by molar-refractivity contribution is 0.218. The average Bonchev–Trinajstić information content (AvgIpc) is 3.24. The van der Waals surface area contributed by atoms with Crippen LogP contribution in [0, 0.1) is 6.92 Å². The van der Waals surface area contributed by atoms with Gasteiger partial charge in [0.15, 0.2) is 5.82 Å². The van der Waals surface area contributed by atoms with Gasteiger partial charge in [-0.2, -0.15) is 0 Å². The predicted octanol–water partition coefficient (Wildman–Crippen LogP) is 3.27. The van der Waals surface area contributed by atoms with Crippen LogP contribution in [-0.2, 0) is 13.0 Å². The molecule has 0 atom stereocenters. The van der Waals surface area contributed by atoms with E-state index in [4.69, 9.17) is 0 Å². The Morgan fingerprint density at radius 1 is 1.30 bits per heavy atom. The van der Waals surface area contributed by atoms with Crippen LogP contribution in [0.5, 0.6) is 0 Å². The van der Waals surface area contributed by atoms with Gasteiger partial charge in [-0.25, -0.2) is 4.79 Å². The number of aryl methyl sites for hydroxylation is 1. The van der Waals surface area contributed by atoms with E-state index in [1.807, 2.05) is 24.5 Å². The van der Waals surface area contributed by atoms with Gasteiger partial charge >= 0.3 is 6.03 Å². The summed E-state index contributed by atoms with van der Waals surface area (Å²) in [5, 5.41) is 20.4. The first-order chi connectivity index (χ1) is 12.9. The first-order valence-electron chi connectivity index (χ1n) is 8.71. The highest BCUT2D eigenvalue weighted by Crippen LogP contribution is 2.19. The molecular formula is C18H23N7OS. The third-order valence-corrected chi connectivity index (χ3v) is 4.89. The van der Waals surface area contributed by atoms with Crippen LogP contribution in [0.2, 0.25) is 0 Å². The number of hydrogen-bond acceptors (Lipinski definition) is 6. The molecule has 0 aliphatic heterocycles. The number of anilines is 1. The number of hydrogen-bond donors (Lipinski definition) is 1. The number of nitrogens with one attached hydrogen (secondary N) is 1. The molecule has 9 heteroatoms. The van der Waals surface area contributed by atoms with Crippen LogP contribution in [0.15, 0.2) is 30.6 Å². The molecule has 3 aromatic rings. The van der Waals surface area contributed by atoms with Crippen LogP contribution in [0.1, 0.15) is 41.8 Å². The molecule has 0 bridgehead atoms. The van der Waals surface area contributed by atoms with Gasteiger partial charge in [0.25, 0.3) is 0 Å². The summed E-state index contributed by atoms with van der Waals surface area (Å²) in [6.07, 6.45) is 2.37. The summed E-state index contributed by atoms with van der Waals surface area (Å²) in [6.45, 7) is 6.51. The van der Waals surface area contributed by atoms with E-state index in [2.05, 4.69) is 50.8 Å². The van der Waals surface area contributed by atoms with Crippen molar-refractivity contribution in [2.75, 3.05) is 12.4 Å². The number of carbonyl (C=O) groups is 1. The maximum Gasteiger partial charge on any atom is 0.323 e. The largest absolute Gasteiger partial charge is 0.323 e. The van der Waals surface area contributed by atoms with Crippen molar-refractivity contribution in [2.24, 2.45) is 0 Å². The first-order valence-corrected chi connectivity index (χ1v) is 9.52. The molecule has 0 fully saturated rings. The molecule has 27 heavy (non-hydrogen) atoms. The number of benzene rings is 1. The van der Waals surface area contributed by atoms with E-state index >= 15 is 0 Å². The van der Waals surface area contributed by atoms with Gasteiger partial charge in [0, 0.05) is 19.5 Å². The number of urea groups is 1. The first kappa shape index (κ1) is 19.0. The van der Waals surface area contributed by atoms with E-state index < -0.39 is 0 Å². The van der Waals surface area contributed by atoms with Crippen molar-refractivity contribution < 1.29 is 4.79 Å². The van der Waals surface area contributed by atoms with Gasteiger partial charge in [0.05, 0.1) is 6.54 Å². The summed E-state index contributed by atoms with van der Waals surface area (Å²) < 4.78 is 1.94. The molecule has 3 rings (SSSR count). The molecule has 0 unspecified atom stereocenters. The molecule has 0 aliphatic carbocycles. The van der Waals surface area contributed by atoms with Gasteiger partial charge in [-0.3, -0.25) is 5.32 Å². The van der Waals surface area contributed by atoms with Gasteiger partial charge in [-0.1, -0.05) is 41.2 Å². The molecule has 2 amide bonds. The molecule has 2 aromatic heterocycles. The van der Waals surface area contributed by atoms with E-state index in [9.17, 15) is 4.79 Å². The average molecular weight is 385 g/mol. The van der Waals surface area contributed by atoms with E-state index in [0.29, 0.717) is 18.1 Å². The zero-order chi connectivity index (χ0) is 19.4. The summed E-state index contributed by atoms with van der Waals surface area (Å²) in [5.41, 5.74) is 2.38. The molecule has 0 saturated heterocycles. The minimum absolute atomic E-state index is 0.235. The van der Waals surface area contributed by atoms with Crippen molar-refractivity contribution in [3.63, 3.8) is 0 Å². The predicted molar refractivity (Wildman–Crippen MR) is 105 cm³/mol. The Balaban J connectivity index is 1.59. The minimum Gasteiger partial charge on any atom is -0.320 e. The molecule has 0 radical (unpaired) electrons. The Hall–Kier alpha value is -2.81. The molecule has 1 N–H and O–H groups in total. The SMILES string of the molecule is Cc1cccc(Cc2nnc(NC(=O)N(C)Cc3nncn3C(C)C)s2)c1. The van der Waals surface area contributed by atoms with E-state index in [1.54, 1.807) is 18.3 Å². The van der Waals surface area contributed by atoms with E-state index in [-0.39, 0.29) is 12.1 Å². The number of rotatable bonds is 6. The van der Waals surface area contributed by atoms with Crippen LogP contribution in [0.4, 0.5) is 9.93 Å². The summed E-state index contributed by atoms with van der Waals surface area (Å²) in [6, 6.07) is 8.25. The molecule has 0 saturated carbocycles. The summed E-state index contributed by atoms with van der Waals surface area (Å²) >= 11 is 1.38. The van der Waals surface area contributed by atoms with E-state index in [0.717, 1.165) is 10.8 Å². The third-order valence-electron chi connectivity index (χ3n) is 4.05. The highest BCUT2D eigenvalue weighted by molar-refractivity contribution is 7.15. The van der Waals surface area contributed by atoms with E-state index in [1.165, 1.54) is 22.5 Å². The highest BCUT2D eigenvalue weighted by Gasteiger charge is 2.16. The second-order valence-corrected chi connectivity index (χ2v) is 7.76. The monoisotopic (exact) mass is 385 g/mol. The number of amides is 2. The lowest BCUT2D eigenvalue weighted by Crippen LogP contribution is -2.32. The normalized spacial score (nSPS) is 11.0. The second-order valence-electron chi connectivity index (χ2n) is 6.70. The fourth-order valence-corrected chi connectivity index (χ4v) is 3.42. The van der Waals surface area contributed by atoms with Crippen molar-refractivity contribution >= 4 is 22.5 Å². The molecule has 142 valence electrons. The van der Waals surface area contributed by atoms with Crippen LogP contribution < -0.4 is 5.32 Å². The van der Waals surface area contributed by atoms with Crippen LogP contribution in [0.25, 0.3) is 0 Å². The Kier molecular flexibility index (Phi) is 5.80. The lowest BCUT2D eigenvalue weighted by atomic mass is 10.1. The fraction of sp³-hybridized carbons (Fsp3) is 0.389. The zero-order valence-electron chi connectivity index (χ0n) is 15.9. The van der Waals surface area contributed by atoms with Crippen LogP contribution >= 0.6 is 11.3 Å². The Labute approximate surface area is 162 Å². The third kappa shape index (κ3) is 4.88. The van der Waals surface area contributed by atoms with Gasteiger partial charge in [-0.15, -0.1) is 20.4 Å². The lowest BCUT2D eigenvalue weighted by Gasteiger charge is -2.18. The number of carbonyl (C=O) groups excluding carboxylic acids is 1. The van der Waals surface area contributed by atoms with Gasteiger partial charge in [0.2, 0.25) is 5.13 Å². The fourth-order valence-electron chi connectivity index (χ4n) is 2.65. The van der Waals surface area contributed by atoms with Crippen LogP contribution in [-0.4, -0.2) is 42.9 Å². The van der Waals surface area contributed by atoms with Crippen molar-refractivity contribution in [3.8, 4) is 0 Å². The Bertz CT molecular complexity index is 918. The maximum atomic E-state index is 12.4. The summed E-state index contributed by atoms with van der Waals surface area (Å²) in [4.78, 5) is 14.0. The van der Waals surface area contributed by atoms with Crippen molar-refractivity contribution in [2.45, 2.75) is 39.8 Å². The molecule has 8 nitrogen and oxygen atoms in total. The molecule has 0 aliphatic rings. The number of nitrogens with zero attached hydrogens (tertiary/aromatic N) is 6. The van der Waals surface area contributed by atoms with Crippen molar-refractivity contribution in [1.29, 1.82) is 0 Å². The molecule has 2 heterocycles. The van der Waals surface area contributed by atoms with Gasteiger partial charge in [-0.05, 0) is 26.3 Å². The zero-order valence-corrected chi connectivity index (χ0v) is 16.7. The molecular weight excluding hydrogens is 362 g/mol. The summed E-state index contributed by atoms with van der Waals surface area (Å²) in [7, 11) is 1.71. The second kappa shape index (κ2) is 8.26. The summed E-state index contributed by atoms with van der Waals surface area (Å²) in [5.74, 6) is 0.736. The van der Waals surface area contributed by atoms with Crippen molar-refractivity contribution in [3.05, 3.63) is 52.6 Å². The molecule has 0 spiro atoms. The van der Waals surface area contributed by atoms with Crippen LogP contribution in [0.3, 0.4) is 0 Å². The standard InChI is InChI=1S/C18H23N7OS/c1-12(2)25-11-19-21-15(25)10-24(4)18(26)20-17-23-22-16(27-17)9-14-7-5-6-13(3)8-14/h5-8,11-12H,9-10H2,1-4H3,(H,20,23,26). The quantitative estimate of drug-likeness (QED) is 0.703. The Morgan fingerprint density at radius 3 is 2.85 bits per heavy atom. The highest BCUT2D eigenvalue weighted by atomic mass is 32.1. The Morgan fingerprint density at radius 2 is 2.11 bits per heavy atom. The minimum atomic E-state index is -0.258. The maximum absolute atomic E-state index is 12.4. The van der Waals surface area contributed by atoms with Crippen molar-refractivity contribution in [1.82, 2.24) is 29.9 Å². The number of aromatic nitrogens is 5. The topological polar surface area (TPSA) is 88.8 Å². The van der Waals surface area contributed by atoms with Gasteiger partial charge < -0.3 is 9.47 Å².